The van der Waals surface area contributed by atoms with Gasteiger partial charge in [0, 0.05) is 55.4 Å². The average Bonchev–Trinajstić information content (AvgIpc) is 3.07. The molecule has 308 valence electrons. The first kappa shape index (κ1) is 44.6. The summed E-state index contributed by atoms with van der Waals surface area (Å²) in [5, 5.41) is 5.04. The van der Waals surface area contributed by atoms with Crippen molar-refractivity contribution in [1.82, 2.24) is 10.6 Å². The minimum absolute atomic E-state index is 0.0815. The van der Waals surface area contributed by atoms with Gasteiger partial charge in [0.25, 0.3) is 0 Å². The SMILES string of the molecule is CC(=O)N[C@@H]1[C@H](Oc2cccc(C(=O)O[C@H]3O[C@@H](COC(C)=O)[C@@H](OC(C)=O)[C@H](OC(C)=O)[C@H]3NC(C)=O)c2)O[C@@H](COC(C)=O)[C@@H](OC(C)=O)[C@H]1OC(C)=O. The molecule has 2 N–H and O–H groups in total. The zero-order valence-corrected chi connectivity index (χ0v) is 31.8. The first-order valence-corrected chi connectivity index (χ1v) is 17.0. The molecule has 56 heavy (non-hydrogen) atoms. The van der Waals surface area contributed by atoms with Crippen LogP contribution in [0.5, 0.6) is 5.75 Å². The molecule has 21 heteroatoms. The normalized spacial score (nSPS) is 26.9. The molecule has 0 bridgehead atoms. The summed E-state index contributed by atoms with van der Waals surface area (Å²) in [5.74, 6) is -7.26. The van der Waals surface area contributed by atoms with Gasteiger partial charge in [-0.3, -0.25) is 38.4 Å². The molecule has 0 spiro atoms. The highest BCUT2D eigenvalue weighted by molar-refractivity contribution is 5.90. The van der Waals surface area contributed by atoms with E-state index in [1.807, 2.05) is 0 Å². The third kappa shape index (κ3) is 13.2. The molecule has 0 radical (unpaired) electrons. The number of nitrogens with one attached hydrogen (secondary N) is 2. The van der Waals surface area contributed by atoms with E-state index in [-0.39, 0.29) is 11.3 Å². The summed E-state index contributed by atoms with van der Waals surface area (Å²) in [6, 6.07) is 2.47. The Bertz CT molecular complexity index is 1660. The number of rotatable bonds is 14. The highest BCUT2D eigenvalue weighted by Crippen LogP contribution is 2.31. The van der Waals surface area contributed by atoms with Gasteiger partial charge >= 0.3 is 41.8 Å². The van der Waals surface area contributed by atoms with Crippen molar-refractivity contribution in [3.63, 3.8) is 0 Å². The van der Waals surface area contributed by atoms with Gasteiger partial charge in [-0.1, -0.05) is 6.07 Å². The van der Waals surface area contributed by atoms with Crippen LogP contribution in [-0.2, 0) is 81.0 Å². The lowest BCUT2D eigenvalue weighted by atomic mass is 9.96. The van der Waals surface area contributed by atoms with Crippen molar-refractivity contribution >= 4 is 53.6 Å². The highest BCUT2D eigenvalue weighted by atomic mass is 16.7. The maximum absolute atomic E-state index is 13.7. The number of hydrogen-bond acceptors (Lipinski definition) is 19. The fraction of sp³-hybridized carbons (Fsp3) is 0.571. The lowest BCUT2D eigenvalue weighted by Crippen LogP contribution is -2.67. The molecule has 3 rings (SSSR count). The quantitative estimate of drug-likeness (QED) is 0.178. The molecule has 2 heterocycles. The van der Waals surface area contributed by atoms with Crippen LogP contribution in [0.1, 0.15) is 65.7 Å². The Kier molecular flexibility index (Phi) is 16.1. The van der Waals surface area contributed by atoms with Crippen LogP contribution in [0.15, 0.2) is 24.3 Å². The van der Waals surface area contributed by atoms with Crippen LogP contribution in [0, 0.1) is 0 Å². The molecule has 2 saturated heterocycles. The van der Waals surface area contributed by atoms with E-state index in [0.717, 1.165) is 55.4 Å². The van der Waals surface area contributed by atoms with E-state index in [1.54, 1.807) is 0 Å². The minimum atomic E-state index is -1.73. The van der Waals surface area contributed by atoms with Crippen LogP contribution in [0.2, 0.25) is 0 Å². The second kappa shape index (κ2) is 20.2. The molecule has 0 unspecified atom stereocenters. The third-order valence-corrected chi connectivity index (χ3v) is 7.69. The van der Waals surface area contributed by atoms with E-state index in [2.05, 4.69) is 10.6 Å². The topological polar surface area (TPSA) is 270 Å². The van der Waals surface area contributed by atoms with Crippen LogP contribution >= 0.6 is 0 Å². The molecule has 1 aromatic carbocycles. The first-order valence-electron chi connectivity index (χ1n) is 17.0. The van der Waals surface area contributed by atoms with E-state index in [1.165, 1.54) is 24.3 Å². The van der Waals surface area contributed by atoms with Gasteiger partial charge in [0.15, 0.2) is 24.4 Å². The molecular formula is C35H44N2O19. The zero-order chi connectivity index (χ0) is 41.9. The summed E-state index contributed by atoms with van der Waals surface area (Å²) in [5.41, 5.74) is -0.187. The molecule has 21 nitrogen and oxygen atoms in total. The number of carbonyl (C=O) groups is 9. The van der Waals surface area contributed by atoms with Gasteiger partial charge in [-0.15, -0.1) is 0 Å². The number of esters is 7. The molecular weight excluding hydrogens is 752 g/mol. The van der Waals surface area contributed by atoms with Crippen LogP contribution in [0.25, 0.3) is 0 Å². The smallest absolute Gasteiger partial charge is 0.340 e. The van der Waals surface area contributed by atoms with Gasteiger partial charge in [-0.05, 0) is 18.2 Å². The summed E-state index contributed by atoms with van der Waals surface area (Å²) in [7, 11) is 0. The lowest BCUT2D eigenvalue weighted by Gasteiger charge is -2.44. The second-order valence-electron chi connectivity index (χ2n) is 12.5. The molecule has 10 atom stereocenters. The molecule has 0 saturated carbocycles. The van der Waals surface area contributed by atoms with Crippen LogP contribution in [-0.4, -0.2) is 128 Å². The Morgan fingerprint density at radius 1 is 0.536 bits per heavy atom. The van der Waals surface area contributed by atoms with E-state index >= 15 is 0 Å². The summed E-state index contributed by atoms with van der Waals surface area (Å²) in [6.45, 7) is 7.74. The fourth-order valence-electron chi connectivity index (χ4n) is 5.79. The summed E-state index contributed by atoms with van der Waals surface area (Å²) in [6.07, 6.45) is -11.7. The summed E-state index contributed by atoms with van der Waals surface area (Å²) < 4.78 is 55.4. The van der Waals surface area contributed by atoms with Gasteiger partial charge in [-0.25, -0.2) is 4.79 Å². The molecule has 1 aromatic rings. The monoisotopic (exact) mass is 796 g/mol. The molecule has 2 fully saturated rings. The Hall–Kier alpha value is -5.83. The number of benzene rings is 1. The Balaban J connectivity index is 1.99. The van der Waals surface area contributed by atoms with Crippen LogP contribution in [0.4, 0.5) is 0 Å². The van der Waals surface area contributed by atoms with Crippen molar-refractivity contribution in [3.05, 3.63) is 29.8 Å². The predicted molar refractivity (Wildman–Crippen MR) is 180 cm³/mol. The van der Waals surface area contributed by atoms with Crippen LogP contribution < -0.4 is 15.4 Å². The number of carbonyl (C=O) groups excluding carboxylic acids is 9. The standard InChI is InChI=1S/C35H44N2O19/c1-15(38)36-27-31(51-21(7)44)29(49-19(5)42)25(13-47-17(3)40)54-34(27)53-24-11-9-10-23(12-24)33(46)56-35-28(37-16(2)39)32(52-22(8)45)30(50-20(6)43)26(55-35)14-48-18(4)41/h9-12,25-32,34-35H,13-14H2,1-8H3,(H,36,38)(H,37,39)/t25-,26-,27-,28+,29+,30+,31-,32+,34+,35+/m0/s1. The van der Waals surface area contributed by atoms with E-state index < -0.39 is 128 Å². The largest absolute Gasteiger partial charge is 0.463 e. The Morgan fingerprint density at radius 3 is 1.36 bits per heavy atom. The average molecular weight is 797 g/mol. The van der Waals surface area contributed by atoms with Crippen molar-refractivity contribution < 1.29 is 90.5 Å². The minimum Gasteiger partial charge on any atom is -0.463 e. The number of amides is 2. The van der Waals surface area contributed by atoms with Crippen molar-refractivity contribution in [2.45, 2.75) is 117 Å². The summed E-state index contributed by atoms with van der Waals surface area (Å²) in [4.78, 5) is 110. The van der Waals surface area contributed by atoms with Crippen molar-refractivity contribution in [2.75, 3.05) is 13.2 Å². The highest BCUT2D eigenvalue weighted by Gasteiger charge is 2.53. The molecule has 2 aliphatic rings. The van der Waals surface area contributed by atoms with Crippen molar-refractivity contribution in [1.29, 1.82) is 0 Å². The van der Waals surface area contributed by atoms with Gasteiger partial charge in [0.1, 0.15) is 43.3 Å². The number of hydrogen-bond donors (Lipinski definition) is 2. The maximum atomic E-state index is 13.7. The summed E-state index contributed by atoms with van der Waals surface area (Å²) >= 11 is 0. The Labute approximate surface area is 320 Å². The van der Waals surface area contributed by atoms with E-state index in [9.17, 15) is 43.2 Å². The maximum Gasteiger partial charge on any atom is 0.340 e. The lowest BCUT2D eigenvalue weighted by molar-refractivity contribution is -0.263. The molecule has 2 aliphatic heterocycles. The zero-order valence-electron chi connectivity index (χ0n) is 31.8. The molecule has 0 aliphatic carbocycles. The van der Waals surface area contributed by atoms with Gasteiger partial charge < -0.3 is 58.0 Å². The van der Waals surface area contributed by atoms with Crippen molar-refractivity contribution in [2.24, 2.45) is 0 Å². The van der Waals surface area contributed by atoms with E-state index in [4.69, 9.17) is 47.4 Å². The third-order valence-electron chi connectivity index (χ3n) is 7.69. The first-order chi connectivity index (χ1) is 26.2. The van der Waals surface area contributed by atoms with E-state index in [0.29, 0.717) is 0 Å². The second-order valence-corrected chi connectivity index (χ2v) is 12.5. The van der Waals surface area contributed by atoms with Crippen LogP contribution in [0.3, 0.4) is 0 Å². The fourth-order valence-corrected chi connectivity index (χ4v) is 5.79. The van der Waals surface area contributed by atoms with Gasteiger partial charge in [0.2, 0.25) is 24.4 Å². The molecule has 0 aromatic heterocycles. The van der Waals surface area contributed by atoms with Crippen molar-refractivity contribution in [3.8, 4) is 5.75 Å². The predicted octanol–water partition coefficient (Wildman–Crippen LogP) is -0.466. The number of ether oxygens (including phenoxy) is 10. The molecule has 2 amide bonds. The van der Waals surface area contributed by atoms with Gasteiger partial charge in [-0.2, -0.15) is 0 Å². The Morgan fingerprint density at radius 2 is 0.946 bits per heavy atom. The van der Waals surface area contributed by atoms with Gasteiger partial charge in [0.05, 0.1) is 5.56 Å².